The minimum Gasteiger partial charge on any atom is -0.452 e. The molecule has 26 heavy (non-hydrogen) atoms. The predicted molar refractivity (Wildman–Crippen MR) is 97.0 cm³/mol. The highest BCUT2D eigenvalue weighted by Crippen LogP contribution is 2.16. The molecule has 1 amide bonds. The summed E-state index contributed by atoms with van der Waals surface area (Å²) < 4.78 is 6.76. The number of ether oxygens (including phenoxy) is 1. The van der Waals surface area contributed by atoms with Gasteiger partial charge in [0.15, 0.2) is 6.61 Å². The number of nitrogens with zero attached hydrogens (tertiary/aromatic N) is 2. The summed E-state index contributed by atoms with van der Waals surface area (Å²) in [7, 11) is 0. The molecule has 3 rings (SSSR count). The Hall–Kier alpha value is -2.70. The molecule has 138 valence electrons. The molecule has 1 aromatic heterocycles. The Morgan fingerprint density at radius 3 is 2.81 bits per heavy atom. The van der Waals surface area contributed by atoms with E-state index in [0.29, 0.717) is 23.4 Å². The van der Waals surface area contributed by atoms with E-state index in [-0.39, 0.29) is 29.7 Å². The van der Waals surface area contributed by atoms with E-state index in [4.69, 9.17) is 4.74 Å². The molecular weight excluding hydrogens is 334 g/mol. The third kappa shape index (κ3) is 3.61. The number of rotatable bonds is 5. The van der Waals surface area contributed by atoms with E-state index in [0.717, 1.165) is 18.7 Å². The Kier molecular flexibility index (Phi) is 5.06. The minimum atomic E-state index is -0.610. The van der Waals surface area contributed by atoms with Crippen molar-refractivity contribution in [3.05, 3.63) is 39.9 Å². The van der Waals surface area contributed by atoms with Gasteiger partial charge in [0.1, 0.15) is 5.82 Å². The van der Waals surface area contributed by atoms with Crippen LogP contribution in [0.2, 0.25) is 0 Å². The lowest BCUT2D eigenvalue weighted by atomic mass is 10.1. The molecule has 0 saturated heterocycles. The molecule has 1 atom stereocenters. The van der Waals surface area contributed by atoms with Crippen LogP contribution >= 0.6 is 0 Å². The molecule has 7 heteroatoms. The van der Waals surface area contributed by atoms with Crippen LogP contribution in [0.15, 0.2) is 23.0 Å². The van der Waals surface area contributed by atoms with Crippen LogP contribution in [0.25, 0.3) is 10.9 Å². The second-order valence-electron chi connectivity index (χ2n) is 7.00. The van der Waals surface area contributed by atoms with Crippen molar-refractivity contribution in [2.24, 2.45) is 5.92 Å². The molecule has 0 saturated carbocycles. The zero-order chi connectivity index (χ0) is 18.8. The van der Waals surface area contributed by atoms with E-state index in [1.807, 2.05) is 20.8 Å². The lowest BCUT2D eigenvalue weighted by Gasteiger charge is -2.17. The normalized spacial score (nSPS) is 14.3. The quantitative estimate of drug-likeness (QED) is 0.822. The summed E-state index contributed by atoms with van der Waals surface area (Å²) in [5.41, 5.74) is 0.678. The van der Waals surface area contributed by atoms with E-state index in [2.05, 4.69) is 10.3 Å². The number of aromatic nitrogens is 2. The summed E-state index contributed by atoms with van der Waals surface area (Å²) in [5.74, 6) is 0.0911. The van der Waals surface area contributed by atoms with Crippen LogP contribution in [0, 0.1) is 5.92 Å². The number of hydrogen-bond donors (Lipinski definition) is 1. The van der Waals surface area contributed by atoms with Crippen LogP contribution in [-0.4, -0.2) is 34.1 Å². The standard InChI is InChI=1S/C19H23N3O4/c1-11(2)12(3)20-17(23)10-26-19(25)13-6-7-14-15(9-13)21-16-5-4-8-22(16)18(14)24/h6-7,9,11-12H,4-5,8,10H2,1-3H3,(H,20,23)/t12-/m1/s1. The van der Waals surface area contributed by atoms with Gasteiger partial charge in [-0.05, 0) is 37.5 Å². The Morgan fingerprint density at radius 2 is 2.08 bits per heavy atom. The Balaban J connectivity index is 1.72. The minimum absolute atomic E-state index is 0.00106. The number of hydrogen-bond acceptors (Lipinski definition) is 5. The first-order valence-electron chi connectivity index (χ1n) is 8.87. The summed E-state index contributed by atoms with van der Waals surface area (Å²) in [6.07, 6.45) is 1.66. The summed E-state index contributed by atoms with van der Waals surface area (Å²) in [6, 6.07) is 4.67. The van der Waals surface area contributed by atoms with Gasteiger partial charge in [0.2, 0.25) is 0 Å². The Labute approximate surface area is 151 Å². The Morgan fingerprint density at radius 1 is 1.31 bits per heavy atom. The Bertz CT molecular complexity index is 917. The van der Waals surface area contributed by atoms with Crippen molar-refractivity contribution in [2.75, 3.05) is 6.61 Å². The molecule has 0 fully saturated rings. The van der Waals surface area contributed by atoms with Gasteiger partial charge in [0.25, 0.3) is 11.5 Å². The monoisotopic (exact) mass is 357 g/mol. The second kappa shape index (κ2) is 7.27. The fourth-order valence-electron chi connectivity index (χ4n) is 2.89. The molecule has 1 N–H and O–H groups in total. The van der Waals surface area contributed by atoms with E-state index in [1.165, 1.54) is 6.07 Å². The van der Waals surface area contributed by atoms with Crippen molar-refractivity contribution in [1.82, 2.24) is 14.9 Å². The molecule has 1 aliphatic heterocycles. The topological polar surface area (TPSA) is 90.3 Å². The van der Waals surface area contributed by atoms with Gasteiger partial charge in [-0.2, -0.15) is 0 Å². The van der Waals surface area contributed by atoms with E-state index >= 15 is 0 Å². The van der Waals surface area contributed by atoms with E-state index < -0.39 is 5.97 Å². The highest BCUT2D eigenvalue weighted by atomic mass is 16.5. The van der Waals surface area contributed by atoms with Crippen molar-refractivity contribution >= 4 is 22.8 Å². The number of carbonyl (C=O) groups excluding carboxylic acids is 2. The molecular formula is C19H23N3O4. The lowest BCUT2D eigenvalue weighted by Crippen LogP contribution is -2.38. The SMILES string of the molecule is CC(C)[C@@H](C)NC(=O)COC(=O)c1ccc2c(=O)n3c(nc2c1)CCC3. The molecule has 1 aromatic carbocycles. The first kappa shape index (κ1) is 18.1. The average molecular weight is 357 g/mol. The smallest absolute Gasteiger partial charge is 0.338 e. The summed E-state index contributed by atoms with van der Waals surface area (Å²) in [5, 5.41) is 3.26. The number of fused-ring (bicyclic) bond motifs is 2. The van der Waals surface area contributed by atoms with Gasteiger partial charge in [0, 0.05) is 19.0 Å². The maximum atomic E-state index is 12.4. The van der Waals surface area contributed by atoms with Gasteiger partial charge < -0.3 is 10.1 Å². The van der Waals surface area contributed by atoms with Gasteiger partial charge >= 0.3 is 5.97 Å². The van der Waals surface area contributed by atoms with Crippen molar-refractivity contribution in [1.29, 1.82) is 0 Å². The summed E-state index contributed by atoms with van der Waals surface area (Å²) in [4.78, 5) is 41.0. The maximum absolute atomic E-state index is 12.4. The fourth-order valence-corrected chi connectivity index (χ4v) is 2.89. The highest BCUT2D eigenvalue weighted by Gasteiger charge is 2.18. The molecule has 0 radical (unpaired) electrons. The van der Waals surface area contributed by atoms with Crippen molar-refractivity contribution in [3.63, 3.8) is 0 Å². The molecule has 1 aliphatic rings. The first-order valence-corrected chi connectivity index (χ1v) is 8.87. The molecule has 0 aliphatic carbocycles. The summed E-state index contributed by atoms with van der Waals surface area (Å²) >= 11 is 0. The van der Waals surface area contributed by atoms with Gasteiger partial charge in [0.05, 0.1) is 16.5 Å². The number of nitrogens with one attached hydrogen (secondary N) is 1. The number of carbonyl (C=O) groups is 2. The van der Waals surface area contributed by atoms with Gasteiger partial charge in [-0.25, -0.2) is 9.78 Å². The summed E-state index contributed by atoms with van der Waals surface area (Å²) in [6.45, 7) is 6.24. The zero-order valence-electron chi connectivity index (χ0n) is 15.2. The second-order valence-corrected chi connectivity index (χ2v) is 7.00. The third-order valence-corrected chi connectivity index (χ3v) is 4.78. The lowest BCUT2D eigenvalue weighted by molar-refractivity contribution is -0.125. The third-order valence-electron chi connectivity index (χ3n) is 4.78. The molecule has 2 aromatic rings. The van der Waals surface area contributed by atoms with E-state index in [9.17, 15) is 14.4 Å². The molecule has 0 bridgehead atoms. The fraction of sp³-hybridized carbons (Fsp3) is 0.474. The first-order chi connectivity index (χ1) is 12.4. The van der Waals surface area contributed by atoms with Gasteiger partial charge in [-0.3, -0.25) is 14.2 Å². The van der Waals surface area contributed by atoms with Crippen LogP contribution in [0.3, 0.4) is 0 Å². The van der Waals surface area contributed by atoms with Crippen molar-refractivity contribution < 1.29 is 14.3 Å². The van der Waals surface area contributed by atoms with E-state index in [1.54, 1.807) is 16.7 Å². The predicted octanol–water partition coefficient (Wildman–Crippen LogP) is 1.66. The van der Waals surface area contributed by atoms with Crippen LogP contribution in [0.5, 0.6) is 0 Å². The largest absolute Gasteiger partial charge is 0.452 e. The van der Waals surface area contributed by atoms with Crippen LogP contribution in [-0.2, 0) is 22.5 Å². The van der Waals surface area contributed by atoms with Crippen LogP contribution in [0.4, 0.5) is 0 Å². The number of esters is 1. The van der Waals surface area contributed by atoms with Crippen LogP contribution in [0.1, 0.15) is 43.4 Å². The number of aryl methyl sites for hydroxylation is 1. The van der Waals surface area contributed by atoms with Crippen LogP contribution < -0.4 is 10.9 Å². The molecule has 0 unspecified atom stereocenters. The maximum Gasteiger partial charge on any atom is 0.338 e. The average Bonchev–Trinajstić information content (AvgIpc) is 3.08. The molecule has 7 nitrogen and oxygen atoms in total. The number of amides is 1. The molecule has 2 heterocycles. The van der Waals surface area contributed by atoms with Crippen molar-refractivity contribution in [2.45, 2.75) is 46.2 Å². The number of benzene rings is 1. The van der Waals surface area contributed by atoms with Gasteiger partial charge in [-0.15, -0.1) is 0 Å². The molecule has 0 spiro atoms. The zero-order valence-corrected chi connectivity index (χ0v) is 15.2. The van der Waals surface area contributed by atoms with Crippen molar-refractivity contribution in [3.8, 4) is 0 Å². The highest BCUT2D eigenvalue weighted by molar-refractivity contribution is 5.95. The van der Waals surface area contributed by atoms with Gasteiger partial charge in [-0.1, -0.05) is 13.8 Å².